The summed E-state index contributed by atoms with van der Waals surface area (Å²) in [5.74, 6) is 1.47. The Kier molecular flexibility index (Phi) is 7.03. The topological polar surface area (TPSA) is 101 Å². The molecule has 41 heavy (non-hydrogen) atoms. The lowest BCUT2D eigenvalue weighted by Gasteiger charge is -2.41. The highest BCUT2D eigenvalue weighted by atomic mass is 16.6. The molecule has 4 unspecified atom stereocenters. The Labute approximate surface area is 237 Å². The summed E-state index contributed by atoms with van der Waals surface area (Å²) in [4.78, 5) is 26.5. The van der Waals surface area contributed by atoms with Crippen molar-refractivity contribution in [2.75, 3.05) is 20.8 Å². The zero-order valence-electron chi connectivity index (χ0n) is 23.1. The van der Waals surface area contributed by atoms with Gasteiger partial charge in [0.25, 0.3) is 5.56 Å². The highest BCUT2D eigenvalue weighted by molar-refractivity contribution is 5.49. The molecule has 212 valence electrons. The van der Waals surface area contributed by atoms with E-state index in [1.165, 1.54) is 16.8 Å². The number of ether oxygens (including phenoxy) is 5. The highest BCUT2D eigenvalue weighted by Gasteiger charge is 2.59. The molecule has 3 aromatic carbocycles. The Morgan fingerprint density at radius 2 is 1.46 bits per heavy atom. The fraction of sp³-hybridized carbons (Fsp3) is 0.312. The third kappa shape index (κ3) is 4.65. The first kappa shape index (κ1) is 27.0. The zero-order valence-corrected chi connectivity index (χ0v) is 23.1. The molecule has 0 amide bonds. The molecule has 9 heteroatoms. The van der Waals surface area contributed by atoms with E-state index in [4.69, 9.17) is 23.7 Å². The lowest BCUT2D eigenvalue weighted by molar-refractivity contribution is -0.228. The molecule has 3 heterocycles. The van der Waals surface area contributed by atoms with Crippen LogP contribution in [0.1, 0.15) is 36.3 Å². The normalized spacial score (nSPS) is 23.4. The van der Waals surface area contributed by atoms with Gasteiger partial charge >= 0.3 is 5.69 Å². The summed E-state index contributed by atoms with van der Waals surface area (Å²) < 4.78 is 32.2. The number of nitrogens with one attached hydrogen (secondary N) is 1. The number of H-pyrrole nitrogens is 1. The fourth-order valence-electron chi connectivity index (χ4n) is 5.95. The van der Waals surface area contributed by atoms with Gasteiger partial charge in [0.1, 0.15) is 28.8 Å². The predicted molar refractivity (Wildman–Crippen MR) is 151 cm³/mol. The number of benzene rings is 3. The Balaban J connectivity index is 1.43. The first-order valence-electron chi connectivity index (χ1n) is 13.5. The molecular weight excluding hydrogens is 524 g/mol. The summed E-state index contributed by atoms with van der Waals surface area (Å²) in [5.41, 5.74) is -0.125. The Morgan fingerprint density at radius 3 is 2.02 bits per heavy atom. The van der Waals surface area contributed by atoms with Crippen LogP contribution < -0.4 is 20.7 Å². The molecule has 4 aromatic rings. The molecule has 9 nitrogen and oxygen atoms in total. The van der Waals surface area contributed by atoms with E-state index in [2.05, 4.69) is 4.98 Å². The summed E-state index contributed by atoms with van der Waals surface area (Å²) >= 11 is 0. The van der Waals surface area contributed by atoms with E-state index in [-0.39, 0.29) is 18.8 Å². The van der Waals surface area contributed by atoms with Gasteiger partial charge in [-0.15, -0.1) is 0 Å². The quantitative estimate of drug-likeness (QED) is 0.311. The van der Waals surface area contributed by atoms with Crippen LogP contribution in [0.4, 0.5) is 0 Å². The van der Waals surface area contributed by atoms with Crippen LogP contribution in [0.15, 0.2) is 101 Å². The molecule has 2 aliphatic heterocycles. The molecule has 1 aromatic heterocycles. The summed E-state index contributed by atoms with van der Waals surface area (Å²) in [5, 5.41) is 0. The highest BCUT2D eigenvalue weighted by Crippen LogP contribution is 2.50. The van der Waals surface area contributed by atoms with E-state index in [9.17, 15) is 9.59 Å². The molecule has 1 N–H and O–H groups in total. The number of aromatic amines is 1. The summed E-state index contributed by atoms with van der Waals surface area (Å²) in [7, 11) is 3.27. The third-order valence-electron chi connectivity index (χ3n) is 8.17. The lowest BCUT2D eigenvalue weighted by atomic mass is 9.79. The van der Waals surface area contributed by atoms with Crippen molar-refractivity contribution in [3.8, 4) is 11.5 Å². The molecule has 2 fully saturated rings. The second-order valence-corrected chi connectivity index (χ2v) is 10.4. The zero-order chi connectivity index (χ0) is 28.6. The predicted octanol–water partition coefficient (Wildman–Crippen LogP) is 4.01. The van der Waals surface area contributed by atoms with Crippen LogP contribution in [-0.2, 0) is 19.8 Å². The van der Waals surface area contributed by atoms with Gasteiger partial charge in [-0.2, -0.15) is 0 Å². The van der Waals surface area contributed by atoms with E-state index in [1.54, 1.807) is 14.2 Å². The number of rotatable bonds is 9. The molecular formula is C32H32N2O7. The fourth-order valence-corrected chi connectivity index (χ4v) is 5.95. The van der Waals surface area contributed by atoms with Gasteiger partial charge in [-0.05, 0) is 47.9 Å². The second-order valence-electron chi connectivity index (χ2n) is 10.4. The number of nitrogens with zero attached hydrogens (tertiary/aromatic N) is 1. The summed E-state index contributed by atoms with van der Waals surface area (Å²) in [6, 6.07) is 27.0. The van der Waals surface area contributed by atoms with E-state index in [0.717, 1.165) is 28.2 Å². The largest absolute Gasteiger partial charge is 0.497 e. The number of aromatic nitrogens is 2. The summed E-state index contributed by atoms with van der Waals surface area (Å²) in [6.07, 6.45) is 0.624. The molecule has 0 saturated carbocycles. The van der Waals surface area contributed by atoms with Crippen LogP contribution >= 0.6 is 0 Å². The Bertz CT molecular complexity index is 1570. The Morgan fingerprint density at radius 1 is 0.878 bits per heavy atom. The smallest absolute Gasteiger partial charge is 0.330 e. The van der Waals surface area contributed by atoms with Crippen LogP contribution in [0.5, 0.6) is 11.5 Å². The van der Waals surface area contributed by atoms with Crippen LogP contribution in [0, 0.1) is 0 Å². The van der Waals surface area contributed by atoms with Gasteiger partial charge in [0.05, 0.1) is 26.9 Å². The van der Waals surface area contributed by atoms with Gasteiger partial charge in [0, 0.05) is 18.7 Å². The van der Waals surface area contributed by atoms with E-state index in [0.29, 0.717) is 6.42 Å². The van der Waals surface area contributed by atoms with Crippen LogP contribution in [0.25, 0.3) is 0 Å². The average molecular weight is 557 g/mol. The molecule has 2 aliphatic rings. The minimum absolute atomic E-state index is 0.173. The second kappa shape index (κ2) is 10.7. The van der Waals surface area contributed by atoms with Gasteiger partial charge in [-0.25, -0.2) is 4.79 Å². The lowest BCUT2D eigenvalue weighted by Crippen LogP contribution is -2.49. The molecule has 2 bridgehead atoms. The maximum atomic E-state index is 12.6. The van der Waals surface area contributed by atoms with Gasteiger partial charge in [0.15, 0.2) is 6.23 Å². The van der Waals surface area contributed by atoms with Crippen LogP contribution in [-0.4, -0.2) is 48.2 Å². The van der Waals surface area contributed by atoms with E-state index >= 15 is 0 Å². The van der Waals surface area contributed by atoms with Crippen molar-refractivity contribution in [3.05, 3.63) is 129 Å². The van der Waals surface area contributed by atoms with Crippen molar-refractivity contribution in [3.63, 3.8) is 0 Å². The SMILES string of the molecule is COc1ccc(C(OCC23CC(OC2C)C(n2ccc(=O)[nH]c2=O)O3)(c2ccccc2)c2ccc(OC)cc2)cc1. The van der Waals surface area contributed by atoms with Crippen molar-refractivity contribution >= 4 is 0 Å². The number of hydrogen-bond acceptors (Lipinski definition) is 7. The standard InChI is InChI=1S/C32H32N2O7/c1-21-31(19-27(40-21)29(41-31)34-18-17-28(35)33-30(34)36)20-39-32(22-7-5-4-6-8-22,23-9-13-25(37-2)14-10-23)24-11-15-26(38-3)16-12-24/h4-18,21,27,29H,19-20H2,1-3H3,(H,33,35,36). The van der Waals surface area contributed by atoms with Crippen LogP contribution in [0.3, 0.4) is 0 Å². The molecule has 0 aliphatic carbocycles. The number of fused-ring (bicyclic) bond motifs is 2. The molecule has 2 saturated heterocycles. The summed E-state index contributed by atoms with van der Waals surface area (Å²) in [6.45, 7) is 2.13. The number of methoxy groups -OCH3 is 2. The van der Waals surface area contributed by atoms with Crippen molar-refractivity contribution in [2.45, 2.75) is 43.0 Å². The number of hydrogen-bond donors (Lipinski definition) is 1. The minimum atomic E-state index is -1.03. The van der Waals surface area contributed by atoms with Crippen molar-refractivity contribution in [1.82, 2.24) is 9.55 Å². The van der Waals surface area contributed by atoms with Crippen LogP contribution in [0.2, 0.25) is 0 Å². The first-order valence-corrected chi connectivity index (χ1v) is 13.5. The van der Waals surface area contributed by atoms with Gasteiger partial charge in [-0.1, -0.05) is 54.6 Å². The first-order chi connectivity index (χ1) is 19.9. The van der Waals surface area contributed by atoms with Gasteiger partial charge in [0.2, 0.25) is 0 Å². The van der Waals surface area contributed by atoms with Gasteiger partial charge in [-0.3, -0.25) is 14.3 Å². The van der Waals surface area contributed by atoms with Crippen molar-refractivity contribution < 1.29 is 23.7 Å². The molecule has 0 radical (unpaired) electrons. The molecule has 0 spiro atoms. The molecule has 6 rings (SSSR count). The average Bonchev–Trinajstić information content (AvgIpc) is 3.53. The molecule has 4 atom stereocenters. The van der Waals surface area contributed by atoms with E-state index in [1.807, 2.05) is 85.8 Å². The van der Waals surface area contributed by atoms with Crippen molar-refractivity contribution in [2.24, 2.45) is 0 Å². The maximum absolute atomic E-state index is 12.6. The minimum Gasteiger partial charge on any atom is -0.497 e. The Hall–Kier alpha value is -4.18. The van der Waals surface area contributed by atoms with Crippen molar-refractivity contribution in [1.29, 1.82) is 0 Å². The van der Waals surface area contributed by atoms with Gasteiger partial charge < -0.3 is 23.7 Å². The maximum Gasteiger partial charge on any atom is 0.330 e. The third-order valence-corrected chi connectivity index (χ3v) is 8.17. The monoisotopic (exact) mass is 556 g/mol. The van der Waals surface area contributed by atoms with E-state index < -0.39 is 28.7 Å².